The third kappa shape index (κ3) is 2.31. The molecule has 0 aliphatic carbocycles. The zero-order chi connectivity index (χ0) is 14.1. The van der Waals surface area contributed by atoms with Gasteiger partial charge in [0, 0.05) is 17.3 Å². The maximum absolute atomic E-state index is 5.47. The van der Waals surface area contributed by atoms with E-state index in [1.807, 2.05) is 30.5 Å². The lowest BCUT2D eigenvalue weighted by Gasteiger charge is -2.07. The molecule has 3 aromatic rings. The molecule has 1 aliphatic heterocycles. The van der Waals surface area contributed by atoms with Gasteiger partial charge >= 0.3 is 0 Å². The van der Waals surface area contributed by atoms with Gasteiger partial charge in [0.05, 0.1) is 0 Å². The summed E-state index contributed by atoms with van der Waals surface area (Å²) in [5.41, 5.74) is 2.44. The summed E-state index contributed by atoms with van der Waals surface area (Å²) in [5.74, 6) is 1.64. The van der Waals surface area contributed by atoms with Crippen molar-refractivity contribution in [1.82, 2.24) is 4.98 Å². The molecule has 1 aromatic heterocycles. The van der Waals surface area contributed by atoms with E-state index < -0.39 is 0 Å². The van der Waals surface area contributed by atoms with Gasteiger partial charge in [0.25, 0.3) is 0 Å². The molecule has 4 rings (SSSR count). The highest BCUT2D eigenvalue weighted by atomic mass is 16.7. The van der Waals surface area contributed by atoms with Gasteiger partial charge in [0.15, 0.2) is 11.5 Å². The summed E-state index contributed by atoms with van der Waals surface area (Å²) >= 11 is 0. The van der Waals surface area contributed by atoms with Crippen LogP contribution in [0.25, 0.3) is 10.8 Å². The maximum atomic E-state index is 5.47. The van der Waals surface area contributed by atoms with Crippen molar-refractivity contribution >= 4 is 10.8 Å². The van der Waals surface area contributed by atoms with Crippen molar-refractivity contribution in [2.24, 2.45) is 0 Å². The number of ether oxygens (including phenoxy) is 2. The lowest BCUT2D eigenvalue weighted by Crippen LogP contribution is -1.95. The molecule has 0 amide bonds. The Kier molecular flexibility index (Phi) is 2.96. The molecule has 0 atom stereocenters. The van der Waals surface area contributed by atoms with Crippen molar-refractivity contribution < 1.29 is 9.47 Å². The fraction of sp³-hybridized carbons (Fsp3) is 0.167. The van der Waals surface area contributed by atoms with E-state index in [2.05, 4.69) is 29.2 Å². The van der Waals surface area contributed by atoms with Crippen LogP contribution in [0.4, 0.5) is 0 Å². The first kappa shape index (κ1) is 12.2. The van der Waals surface area contributed by atoms with Gasteiger partial charge in [-0.2, -0.15) is 0 Å². The number of nitrogens with zero attached hydrogens (tertiary/aromatic N) is 1. The third-order valence-corrected chi connectivity index (χ3v) is 3.83. The number of rotatable bonds is 3. The molecule has 0 fully saturated rings. The lowest BCUT2D eigenvalue weighted by molar-refractivity contribution is 0.174. The molecule has 0 unspecified atom stereocenters. The maximum Gasteiger partial charge on any atom is 0.231 e. The third-order valence-electron chi connectivity index (χ3n) is 3.83. The van der Waals surface area contributed by atoms with E-state index in [4.69, 9.17) is 9.47 Å². The smallest absolute Gasteiger partial charge is 0.231 e. The number of fused-ring (bicyclic) bond motifs is 2. The minimum atomic E-state index is 0.304. The second kappa shape index (κ2) is 5.09. The van der Waals surface area contributed by atoms with E-state index in [-0.39, 0.29) is 0 Å². The minimum absolute atomic E-state index is 0.304. The number of hydrogen-bond acceptors (Lipinski definition) is 3. The molecule has 2 aromatic carbocycles. The van der Waals surface area contributed by atoms with Crippen LogP contribution in [0.5, 0.6) is 11.5 Å². The minimum Gasteiger partial charge on any atom is -0.454 e. The highest BCUT2D eigenvalue weighted by molar-refractivity contribution is 5.88. The second-order valence-electron chi connectivity index (χ2n) is 5.17. The van der Waals surface area contributed by atoms with Gasteiger partial charge in [-0.25, -0.2) is 0 Å². The van der Waals surface area contributed by atoms with E-state index in [0.29, 0.717) is 6.79 Å². The van der Waals surface area contributed by atoms with Crippen LogP contribution in [0.1, 0.15) is 11.3 Å². The van der Waals surface area contributed by atoms with Crippen molar-refractivity contribution in [1.29, 1.82) is 0 Å². The molecule has 3 nitrogen and oxygen atoms in total. The Bertz CT molecular complexity index is 784. The summed E-state index contributed by atoms with van der Waals surface area (Å²) in [5, 5.41) is 2.30. The van der Waals surface area contributed by atoms with Crippen molar-refractivity contribution in [3.05, 3.63) is 66.0 Å². The molecule has 0 radical (unpaired) electrons. The van der Waals surface area contributed by atoms with Crippen LogP contribution in [0.3, 0.4) is 0 Å². The molecule has 3 heteroatoms. The van der Waals surface area contributed by atoms with E-state index in [1.165, 1.54) is 5.56 Å². The highest BCUT2D eigenvalue weighted by Gasteiger charge is 2.15. The summed E-state index contributed by atoms with van der Waals surface area (Å²) in [6.45, 7) is 0.304. The number of pyridine rings is 1. The Morgan fingerprint density at radius 2 is 1.71 bits per heavy atom. The Labute approximate surface area is 123 Å². The number of aryl methyl sites for hydroxylation is 2. The first-order valence-corrected chi connectivity index (χ1v) is 7.11. The second-order valence-corrected chi connectivity index (χ2v) is 5.17. The van der Waals surface area contributed by atoms with E-state index in [1.54, 1.807) is 0 Å². The highest BCUT2D eigenvalue weighted by Crippen LogP contribution is 2.36. The van der Waals surface area contributed by atoms with E-state index in [0.717, 1.165) is 40.8 Å². The molecule has 21 heavy (non-hydrogen) atoms. The van der Waals surface area contributed by atoms with Crippen LogP contribution in [0.2, 0.25) is 0 Å². The Balaban J connectivity index is 1.68. The molecular formula is C18H15NO2. The van der Waals surface area contributed by atoms with Crippen LogP contribution < -0.4 is 9.47 Å². The van der Waals surface area contributed by atoms with E-state index >= 15 is 0 Å². The zero-order valence-corrected chi connectivity index (χ0v) is 11.6. The van der Waals surface area contributed by atoms with Crippen molar-refractivity contribution in [3.63, 3.8) is 0 Å². The molecule has 1 aliphatic rings. The number of hydrogen-bond donors (Lipinski definition) is 0. The molecule has 104 valence electrons. The molecule has 0 saturated carbocycles. The Hall–Kier alpha value is -2.55. The molecule has 0 spiro atoms. The summed E-state index contributed by atoms with van der Waals surface area (Å²) < 4.78 is 10.9. The summed E-state index contributed by atoms with van der Waals surface area (Å²) in [6.07, 6.45) is 3.77. The molecular weight excluding hydrogens is 262 g/mol. The first-order chi connectivity index (χ1) is 10.4. The average Bonchev–Trinajstić information content (AvgIpc) is 2.99. The quantitative estimate of drug-likeness (QED) is 0.730. The normalized spacial score (nSPS) is 12.8. The van der Waals surface area contributed by atoms with Crippen LogP contribution >= 0.6 is 0 Å². The SMILES string of the molecule is c1ccc(CCc2nccc3cc4c(cc23)OCO4)cc1. The molecule has 2 heterocycles. The fourth-order valence-corrected chi connectivity index (χ4v) is 2.73. The van der Waals surface area contributed by atoms with Crippen molar-refractivity contribution in [2.45, 2.75) is 12.8 Å². The van der Waals surface area contributed by atoms with Crippen LogP contribution in [0, 0.1) is 0 Å². The summed E-state index contributed by atoms with van der Waals surface area (Å²) in [6, 6.07) is 16.6. The largest absolute Gasteiger partial charge is 0.454 e. The Morgan fingerprint density at radius 3 is 2.57 bits per heavy atom. The lowest BCUT2D eigenvalue weighted by atomic mass is 10.0. The van der Waals surface area contributed by atoms with Gasteiger partial charge in [-0.3, -0.25) is 4.98 Å². The average molecular weight is 277 g/mol. The van der Waals surface area contributed by atoms with Crippen molar-refractivity contribution in [3.8, 4) is 11.5 Å². The van der Waals surface area contributed by atoms with Crippen LogP contribution in [-0.4, -0.2) is 11.8 Å². The summed E-state index contributed by atoms with van der Waals surface area (Å²) in [7, 11) is 0. The van der Waals surface area contributed by atoms with Crippen molar-refractivity contribution in [2.75, 3.05) is 6.79 Å². The van der Waals surface area contributed by atoms with Gasteiger partial charge in [0.1, 0.15) is 0 Å². The Morgan fingerprint density at radius 1 is 0.905 bits per heavy atom. The predicted molar refractivity (Wildman–Crippen MR) is 81.7 cm³/mol. The van der Waals surface area contributed by atoms with Gasteiger partial charge in [-0.05, 0) is 42.0 Å². The van der Waals surface area contributed by atoms with Gasteiger partial charge in [-0.15, -0.1) is 0 Å². The topological polar surface area (TPSA) is 31.4 Å². The number of aromatic nitrogens is 1. The summed E-state index contributed by atoms with van der Waals surface area (Å²) in [4.78, 5) is 4.55. The molecule has 0 N–H and O–H groups in total. The zero-order valence-electron chi connectivity index (χ0n) is 11.6. The monoisotopic (exact) mass is 277 g/mol. The van der Waals surface area contributed by atoms with Gasteiger partial charge in [-0.1, -0.05) is 30.3 Å². The molecule has 0 bridgehead atoms. The fourth-order valence-electron chi connectivity index (χ4n) is 2.73. The molecule has 0 saturated heterocycles. The predicted octanol–water partition coefficient (Wildman–Crippen LogP) is 3.75. The standard InChI is InChI=1S/C18H15NO2/c1-2-4-13(5-3-1)6-7-16-15-11-18-17(20-12-21-18)10-14(15)8-9-19-16/h1-5,8-11H,6-7,12H2. The van der Waals surface area contributed by atoms with Gasteiger partial charge < -0.3 is 9.47 Å². The van der Waals surface area contributed by atoms with Crippen LogP contribution in [0.15, 0.2) is 54.7 Å². The van der Waals surface area contributed by atoms with Gasteiger partial charge in [0.2, 0.25) is 6.79 Å². The van der Waals surface area contributed by atoms with E-state index in [9.17, 15) is 0 Å². The first-order valence-electron chi connectivity index (χ1n) is 7.11. The van der Waals surface area contributed by atoms with Crippen LogP contribution in [-0.2, 0) is 12.8 Å². The number of benzene rings is 2.